The van der Waals surface area contributed by atoms with Crippen molar-refractivity contribution in [2.45, 2.75) is 32.6 Å². The summed E-state index contributed by atoms with van der Waals surface area (Å²) in [5.74, 6) is -0.242. The molecule has 0 saturated heterocycles. The molecule has 164 valence electrons. The molecule has 0 bridgehead atoms. The van der Waals surface area contributed by atoms with Crippen molar-refractivity contribution in [1.82, 2.24) is 4.98 Å². The van der Waals surface area contributed by atoms with Crippen LogP contribution < -0.4 is 10.0 Å². The topological polar surface area (TPSA) is 88.2 Å². The molecule has 0 unspecified atom stereocenters. The SMILES string of the molecule is Cc1cc(C)c(S(=O)(=O)Nc2cc(C)c3nc(NC(=O)c4ccccc4)sc3c2)cc1C. The fourth-order valence-electron chi connectivity index (χ4n) is 3.50. The molecule has 4 rings (SSSR count). The van der Waals surface area contributed by atoms with E-state index in [1.54, 1.807) is 49.4 Å². The van der Waals surface area contributed by atoms with Crippen molar-refractivity contribution in [2.24, 2.45) is 0 Å². The Hall–Kier alpha value is -3.23. The molecule has 0 spiro atoms. The van der Waals surface area contributed by atoms with E-state index < -0.39 is 10.0 Å². The molecule has 0 radical (unpaired) electrons. The van der Waals surface area contributed by atoms with Crippen molar-refractivity contribution in [1.29, 1.82) is 0 Å². The van der Waals surface area contributed by atoms with Gasteiger partial charge in [-0.3, -0.25) is 14.8 Å². The summed E-state index contributed by atoms with van der Waals surface area (Å²) in [5, 5.41) is 3.28. The van der Waals surface area contributed by atoms with Gasteiger partial charge in [0.15, 0.2) is 5.13 Å². The molecule has 32 heavy (non-hydrogen) atoms. The minimum Gasteiger partial charge on any atom is -0.298 e. The average molecular weight is 466 g/mol. The van der Waals surface area contributed by atoms with Gasteiger partial charge >= 0.3 is 0 Å². The van der Waals surface area contributed by atoms with Gasteiger partial charge in [0.05, 0.1) is 20.8 Å². The highest BCUT2D eigenvalue weighted by Crippen LogP contribution is 2.32. The highest BCUT2D eigenvalue weighted by atomic mass is 32.2. The van der Waals surface area contributed by atoms with Crippen LogP contribution in [0.3, 0.4) is 0 Å². The monoisotopic (exact) mass is 465 g/mol. The molecule has 8 heteroatoms. The molecule has 0 fully saturated rings. The normalized spacial score (nSPS) is 11.5. The van der Waals surface area contributed by atoms with Gasteiger partial charge in [0.2, 0.25) is 0 Å². The Morgan fingerprint density at radius 3 is 2.28 bits per heavy atom. The van der Waals surface area contributed by atoms with Crippen LogP contribution in [-0.2, 0) is 10.0 Å². The highest BCUT2D eigenvalue weighted by molar-refractivity contribution is 7.92. The number of aromatic nitrogens is 1. The summed E-state index contributed by atoms with van der Waals surface area (Å²) in [6.45, 7) is 7.51. The quantitative estimate of drug-likeness (QED) is 0.403. The van der Waals surface area contributed by atoms with Gasteiger partial charge in [-0.1, -0.05) is 35.6 Å². The Morgan fingerprint density at radius 2 is 1.56 bits per heavy atom. The lowest BCUT2D eigenvalue weighted by atomic mass is 10.1. The summed E-state index contributed by atoms with van der Waals surface area (Å²) in [5.41, 5.74) is 5.20. The third-order valence-corrected chi connectivity index (χ3v) is 7.72. The molecule has 1 heterocycles. The van der Waals surface area contributed by atoms with Crippen LogP contribution in [0.15, 0.2) is 59.5 Å². The van der Waals surface area contributed by atoms with Crippen LogP contribution in [0.25, 0.3) is 10.2 Å². The van der Waals surface area contributed by atoms with Gasteiger partial charge in [0.25, 0.3) is 15.9 Å². The summed E-state index contributed by atoms with van der Waals surface area (Å²) >= 11 is 1.30. The third kappa shape index (κ3) is 4.37. The predicted octanol–water partition coefficient (Wildman–Crippen LogP) is 5.58. The predicted molar refractivity (Wildman–Crippen MR) is 130 cm³/mol. The summed E-state index contributed by atoms with van der Waals surface area (Å²) in [6, 6.07) is 16.0. The number of carbonyl (C=O) groups excluding carboxylic acids is 1. The van der Waals surface area contributed by atoms with Crippen LogP contribution in [0.4, 0.5) is 10.8 Å². The van der Waals surface area contributed by atoms with Crippen LogP contribution >= 0.6 is 11.3 Å². The Labute approximate surface area is 191 Å². The summed E-state index contributed by atoms with van der Waals surface area (Å²) < 4.78 is 29.6. The summed E-state index contributed by atoms with van der Waals surface area (Å²) in [4.78, 5) is 17.2. The number of hydrogen-bond acceptors (Lipinski definition) is 5. The minimum absolute atomic E-state index is 0.242. The standard InChI is InChI=1S/C24H23N3O3S2/c1-14-10-16(3)21(12-15(14)2)32(29,30)27-19-11-17(4)22-20(13-19)31-24(25-22)26-23(28)18-8-6-5-7-9-18/h5-13,27H,1-4H3,(H,25,26,28). The molecule has 3 aromatic carbocycles. The number of amides is 1. The van der Waals surface area contributed by atoms with Gasteiger partial charge in [-0.2, -0.15) is 0 Å². The van der Waals surface area contributed by atoms with E-state index in [1.165, 1.54) is 11.3 Å². The van der Waals surface area contributed by atoms with Crippen molar-refractivity contribution in [3.05, 3.63) is 82.4 Å². The van der Waals surface area contributed by atoms with Gasteiger partial charge in [-0.15, -0.1) is 0 Å². The fourth-order valence-corrected chi connectivity index (χ4v) is 5.83. The van der Waals surface area contributed by atoms with Crippen LogP contribution in [0.1, 0.15) is 32.6 Å². The number of thiazole rings is 1. The molecule has 0 aliphatic carbocycles. The second-order valence-corrected chi connectivity index (χ2v) is 10.5. The molecule has 0 aliphatic rings. The molecule has 4 aromatic rings. The zero-order valence-electron chi connectivity index (χ0n) is 18.2. The largest absolute Gasteiger partial charge is 0.298 e. The van der Waals surface area contributed by atoms with Gasteiger partial charge in [0.1, 0.15) is 0 Å². The maximum absolute atomic E-state index is 13.1. The van der Waals surface area contributed by atoms with Crippen LogP contribution in [0, 0.1) is 27.7 Å². The van der Waals surface area contributed by atoms with E-state index >= 15 is 0 Å². The number of nitrogens with one attached hydrogen (secondary N) is 2. The Bertz CT molecular complexity index is 1440. The first-order chi connectivity index (χ1) is 15.1. The molecule has 2 N–H and O–H groups in total. The van der Waals surface area contributed by atoms with Crippen molar-refractivity contribution in [3.63, 3.8) is 0 Å². The number of nitrogens with zero attached hydrogens (tertiary/aromatic N) is 1. The highest BCUT2D eigenvalue weighted by Gasteiger charge is 2.19. The lowest BCUT2D eigenvalue weighted by Crippen LogP contribution is -2.15. The Balaban J connectivity index is 1.63. The molecule has 0 atom stereocenters. The first-order valence-corrected chi connectivity index (χ1v) is 12.3. The van der Waals surface area contributed by atoms with E-state index in [0.717, 1.165) is 26.9 Å². The van der Waals surface area contributed by atoms with Crippen molar-refractivity contribution >= 4 is 48.3 Å². The number of sulfonamides is 1. The smallest absolute Gasteiger partial charge is 0.262 e. The maximum atomic E-state index is 13.1. The lowest BCUT2D eigenvalue weighted by molar-refractivity contribution is 0.102. The molecule has 6 nitrogen and oxygen atoms in total. The molecule has 1 amide bonds. The van der Waals surface area contributed by atoms with E-state index in [0.29, 0.717) is 21.9 Å². The van der Waals surface area contributed by atoms with Crippen LogP contribution in [0.2, 0.25) is 0 Å². The molecular formula is C24H23N3O3S2. The van der Waals surface area contributed by atoms with Gasteiger partial charge in [0, 0.05) is 5.56 Å². The van der Waals surface area contributed by atoms with E-state index in [9.17, 15) is 13.2 Å². The molecule has 0 aliphatic heterocycles. The second kappa shape index (κ2) is 8.37. The maximum Gasteiger partial charge on any atom is 0.262 e. The zero-order valence-corrected chi connectivity index (χ0v) is 19.8. The van der Waals surface area contributed by atoms with E-state index in [1.807, 2.05) is 32.9 Å². The lowest BCUT2D eigenvalue weighted by Gasteiger charge is -2.13. The average Bonchev–Trinajstić information content (AvgIpc) is 3.13. The number of benzene rings is 3. The van der Waals surface area contributed by atoms with E-state index in [2.05, 4.69) is 15.0 Å². The number of anilines is 2. The van der Waals surface area contributed by atoms with Gasteiger partial charge in [-0.05, 0) is 80.3 Å². The summed E-state index contributed by atoms with van der Waals surface area (Å²) in [6.07, 6.45) is 0. The minimum atomic E-state index is -3.75. The number of carbonyl (C=O) groups is 1. The van der Waals surface area contributed by atoms with Crippen molar-refractivity contribution in [2.75, 3.05) is 10.0 Å². The van der Waals surface area contributed by atoms with Gasteiger partial charge < -0.3 is 0 Å². The van der Waals surface area contributed by atoms with Crippen molar-refractivity contribution in [3.8, 4) is 0 Å². The van der Waals surface area contributed by atoms with Gasteiger partial charge in [-0.25, -0.2) is 13.4 Å². The number of aryl methyl sites for hydroxylation is 4. The molecular weight excluding hydrogens is 442 g/mol. The van der Waals surface area contributed by atoms with E-state index in [4.69, 9.17) is 0 Å². The fraction of sp³-hybridized carbons (Fsp3) is 0.167. The van der Waals surface area contributed by atoms with Crippen LogP contribution in [0.5, 0.6) is 0 Å². The molecule has 1 aromatic heterocycles. The first-order valence-electron chi connectivity index (χ1n) is 10.0. The molecule has 0 saturated carbocycles. The number of hydrogen-bond donors (Lipinski definition) is 2. The van der Waals surface area contributed by atoms with E-state index in [-0.39, 0.29) is 10.8 Å². The Morgan fingerprint density at radius 1 is 0.875 bits per heavy atom. The Kier molecular flexibility index (Phi) is 5.75. The number of fused-ring (bicyclic) bond motifs is 1. The third-order valence-electron chi connectivity index (χ3n) is 5.27. The summed E-state index contributed by atoms with van der Waals surface area (Å²) in [7, 11) is -3.75. The second-order valence-electron chi connectivity index (χ2n) is 7.79. The number of rotatable bonds is 5. The zero-order chi connectivity index (χ0) is 23.0. The first kappa shape index (κ1) is 22.0. The van der Waals surface area contributed by atoms with Crippen molar-refractivity contribution < 1.29 is 13.2 Å². The van der Waals surface area contributed by atoms with Crippen LogP contribution in [-0.4, -0.2) is 19.3 Å².